The van der Waals surface area contributed by atoms with Crippen molar-refractivity contribution in [1.82, 2.24) is 10.6 Å². The molecular weight excluding hydrogens is 214 g/mol. The standard InChI is InChI=1S/C11H14F2N2O/c1-14-5-4-11(16)15-7-8-2-3-9(12)10(13)6-8/h2-3,6,14H,4-5,7H2,1H3,(H,15,16). The molecule has 5 heteroatoms. The summed E-state index contributed by atoms with van der Waals surface area (Å²) in [5.74, 6) is -1.91. The monoisotopic (exact) mass is 228 g/mol. The van der Waals surface area contributed by atoms with Crippen LogP contribution in [0, 0.1) is 11.6 Å². The van der Waals surface area contributed by atoms with Crippen molar-refractivity contribution in [2.75, 3.05) is 13.6 Å². The van der Waals surface area contributed by atoms with E-state index in [9.17, 15) is 13.6 Å². The van der Waals surface area contributed by atoms with E-state index in [4.69, 9.17) is 0 Å². The van der Waals surface area contributed by atoms with Gasteiger partial charge >= 0.3 is 0 Å². The minimum atomic E-state index is -0.901. The molecule has 0 fully saturated rings. The minimum Gasteiger partial charge on any atom is -0.352 e. The summed E-state index contributed by atoms with van der Waals surface area (Å²) in [6.45, 7) is 0.795. The Kier molecular flexibility index (Phi) is 4.85. The summed E-state index contributed by atoms with van der Waals surface area (Å²) in [4.78, 5) is 11.2. The summed E-state index contributed by atoms with van der Waals surface area (Å²) in [7, 11) is 1.75. The summed E-state index contributed by atoms with van der Waals surface area (Å²) in [5, 5.41) is 5.46. The highest BCUT2D eigenvalue weighted by Crippen LogP contribution is 2.08. The van der Waals surface area contributed by atoms with Crippen molar-refractivity contribution in [2.45, 2.75) is 13.0 Å². The lowest BCUT2D eigenvalue weighted by molar-refractivity contribution is -0.121. The summed E-state index contributed by atoms with van der Waals surface area (Å²) >= 11 is 0. The second kappa shape index (κ2) is 6.17. The highest BCUT2D eigenvalue weighted by atomic mass is 19.2. The third-order valence-electron chi connectivity index (χ3n) is 2.08. The Morgan fingerprint density at radius 2 is 2.06 bits per heavy atom. The maximum Gasteiger partial charge on any atom is 0.221 e. The van der Waals surface area contributed by atoms with Crippen LogP contribution in [0.3, 0.4) is 0 Å². The van der Waals surface area contributed by atoms with Gasteiger partial charge in [0.1, 0.15) is 0 Å². The summed E-state index contributed by atoms with van der Waals surface area (Å²) in [6, 6.07) is 3.56. The van der Waals surface area contributed by atoms with Crippen LogP contribution in [0.5, 0.6) is 0 Å². The second-order valence-corrected chi connectivity index (χ2v) is 3.38. The zero-order valence-corrected chi connectivity index (χ0v) is 9.02. The molecule has 0 heterocycles. The van der Waals surface area contributed by atoms with Crippen LogP contribution in [0.15, 0.2) is 18.2 Å². The molecule has 0 atom stereocenters. The molecule has 0 aliphatic rings. The summed E-state index contributed by atoms with van der Waals surface area (Å²) < 4.78 is 25.4. The van der Waals surface area contributed by atoms with Crippen molar-refractivity contribution < 1.29 is 13.6 Å². The van der Waals surface area contributed by atoms with E-state index >= 15 is 0 Å². The topological polar surface area (TPSA) is 41.1 Å². The molecule has 0 aliphatic heterocycles. The van der Waals surface area contributed by atoms with Gasteiger partial charge in [-0.15, -0.1) is 0 Å². The number of carbonyl (C=O) groups is 1. The fourth-order valence-electron chi connectivity index (χ4n) is 1.18. The zero-order valence-electron chi connectivity index (χ0n) is 9.02. The van der Waals surface area contributed by atoms with E-state index in [1.807, 2.05) is 0 Å². The highest BCUT2D eigenvalue weighted by molar-refractivity contribution is 5.76. The lowest BCUT2D eigenvalue weighted by atomic mass is 10.2. The highest BCUT2D eigenvalue weighted by Gasteiger charge is 2.04. The SMILES string of the molecule is CNCCC(=O)NCc1ccc(F)c(F)c1. The predicted octanol–water partition coefficient (Wildman–Crippen LogP) is 1.19. The van der Waals surface area contributed by atoms with Gasteiger partial charge < -0.3 is 10.6 Å². The lowest BCUT2D eigenvalue weighted by Crippen LogP contribution is -2.26. The summed E-state index contributed by atoms with van der Waals surface area (Å²) in [5.41, 5.74) is 0.539. The van der Waals surface area contributed by atoms with Crippen LogP contribution in [-0.4, -0.2) is 19.5 Å². The van der Waals surface area contributed by atoms with Gasteiger partial charge in [-0.2, -0.15) is 0 Å². The smallest absolute Gasteiger partial charge is 0.221 e. The molecule has 0 saturated heterocycles. The average molecular weight is 228 g/mol. The minimum absolute atomic E-state index is 0.126. The zero-order chi connectivity index (χ0) is 12.0. The van der Waals surface area contributed by atoms with Gasteiger partial charge in [0, 0.05) is 19.5 Å². The van der Waals surface area contributed by atoms with Crippen LogP contribution >= 0.6 is 0 Å². The van der Waals surface area contributed by atoms with Crippen LogP contribution in [0.1, 0.15) is 12.0 Å². The first kappa shape index (κ1) is 12.6. The van der Waals surface area contributed by atoms with Gasteiger partial charge in [-0.3, -0.25) is 4.79 Å². The number of amides is 1. The summed E-state index contributed by atoms with van der Waals surface area (Å²) in [6.07, 6.45) is 0.361. The van der Waals surface area contributed by atoms with Crippen molar-refractivity contribution in [3.63, 3.8) is 0 Å². The Labute approximate surface area is 92.8 Å². The first-order chi connectivity index (χ1) is 7.63. The largest absolute Gasteiger partial charge is 0.352 e. The van der Waals surface area contributed by atoms with Crippen LogP contribution in [0.2, 0.25) is 0 Å². The van der Waals surface area contributed by atoms with Gasteiger partial charge in [-0.25, -0.2) is 8.78 Å². The number of benzene rings is 1. The molecule has 88 valence electrons. The van der Waals surface area contributed by atoms with Gasteiger partial charge in [0.25, 0.3) is 0 Å². The van der Waals surface area contributed by atoms with Gasteiger partial charge in [0.05, 0.1) is 0 Å². The quantitative estimate of drug-likeness (QED) is 0.794. The molecule has 16 heavy (non-hydrogen) atoms. The van der Waals surface area contributed by atoms with Crippen molar-refractivity contribution >= 4 is 5.91 Å². The molecule has 0 unspecified atom stereocenters. The Balaban J connectivity index is 2.42. The van der Waals surface area contributed by atoms with Crippen molar-refractivity contribution in [3.05, 3.63) is 35.4 Å². The Bertz CT molecular complexity index is 369. The molecule has 0 radical (unpaired) electrons. The van der Waals surface area contributed by atoms with E-state index in [1.54, 1.807) is 7.05 Å². The fourth-order valence-corrected chi connectivity index (χ4v) is 1.18. The van der Waals surface area contributed by atoms with Crippen LogP contribution in [-0.2, 0) is 11.3 Å². The fraction of sp³-hybridized carbons (Fsp3) is 0.364. The molecule has 2 N–H and O–H groups in total. The van der Waals surface area contributed by atoms with Crippen molar-refractivity contribution in [3.8, 4) is 0 Å². The Hall–Kier alpha value is -1.49. The first-order valence-electron chi connectivity index (χ1n) is 4.98. The molecule has 0 bridgehead atoms. The van der Waals surface area contributed by atoms with Crippen molar-refractivity contribution in [1.29, 1.82) is 0 Å². The third kappa shape index (κ3) is 3.94. The van der Waals surface area contributed by atoms with Crippen LogP contribution in [0.4, 0.5) is 8.78 Å². The van der Waals surface area contributed by atoms with Gasteiger partial charge in [-0.1, -0.05) is 6.07 Å². The van der Waals surface area contributed by atoms with E-state index in [1.165, 1.54) is 6.07 Å². The Morgan fingerprint density at radius 1 is 1.31 bits per heavy atom. The Morgan fingerprint density at radius 3 is 2.69 bits per heavy atom. The van der Waals surface area contributed by atoms with E-state index < -0.39 is 11.6 Å². The number of halogens is 2. The molecule has 1 amide bonds. The van der Waals surface area contributed by atoms with E-state index in [0.717, 1.165) is 12.1 Å². The van der Waals surface area contributed by atoms with E-state index in [-0.39, 0.29) is 12.5 Å². The van der Waals surface area contributed by atoms with Gasteiger partial charge in [0.15, 0.2) is 11.6 Å². The van der Waals surface area contributed by atoms with Crippen LogP contribution < -0.4 is 10.6 Å². The maximum absolute atomic E-state index is 12.8. The number of carbonyl (C=O) groups excluding carboxylic acids is 1. The number of nitrogens with one attached hydrogen (secondary N) is 2. The first-order valence-corrected chi connectivity index (χ1v) is 4.98. The molecule has 0 spiro atoms. The lowest BCUT2D eigenvalue weighted by Gasteiger charge is -2.05. The molecule has 3 nitrogen and oxygen atoms in total. The molecule has 1 aromatic carbocycles. The van der Waals surface area contributed by atoms with Gasteiger partial charge in [0.2, 0.25) is 5.91 Å². The third-order valence-corrected chi connectivity index (χ3v) is 2.08. The van der Waals surface area contributed by atoms with Gasteiger partial charge in [-0.05, 0) is 24.7 Å². The average Bonchev–Trinajstić information content (AvgIpc) is 2.28. The molecule has 1 rings (SSSR count). The molecule has 0 aliphatic carbocycles. The predicted molar refractivity (Wildman–Crippen MR) is 56.7 cm³/mol. The van der Waals surface area contributed by atoms with Crippen LogP contribution in [0.25, 0.3) is 0 Å². The molecule has 1 aromatic rings. The molecule has 0 saturated carbocycles. The molecular formula is C11H14F2N2O. The number of rotatable bonds is 5. The number of hydrogen-bond donors (Lipinski definition) is 2. The normalized spacial score (nSPS) is 10.2. The second-order valence-electron chi connectivity index (χ2n) is 3.38. The number of hydrogen-bond acceptors (Lipinski definition) is 2. The maximum atomic E-state index is 12.8. The van der Waals surface area contributed by atoms with E-state index in [2.05, 4.69) is 10.6 Å². The molecule has 0 aromatic heterocycles. The van der Waals surface area contributed by atoms with E-state index in [0.29, 0.717) is 18.5 Å². The van der Waals surface area contributed by atoms with Crippen molar-refractivity contribution in [2.24, 2.45) is 0 Å².